The first-order valence-corrected chi connectivity index (χ1v) is 5.08. The molecule has 4 nitrogen and oxygen atoms in total. The molecule has 1 aromatic rings. The van der Waals surface area contributed by atoms with Gasteiger partial charge in [0.2, 0.25) is 0 Å². The minimum atomic E-state index is -0.0210. The minimum absolute atomic E-state index is 0.0210. The summed E-state index contributed by atoms with van der Waals surface area (Å²) in [5.74, 6) is 0. The van der Waals surface area contributed by atoms with Crippen LogP contribution in [0.5, 0.6) is 0 Å². The lowest BCUT2D eigenvalue weighted by Crippen LogP contribution is -2.28. The number of hydrogen-bond acceptors (Lipinski definition) is 2. The third-order valence-corrected chi connectivity index (χ3v) is 2.78. The lowest BCUT2D eigenvalue weighted by molar-refractivity contribution is 0.252. The highest BCUT2D eigenvalue weighted by atomic mass is 16.2. The van der Waals surface area contributed by atoms with Gasteiger partial charge in [0.05, 0.1) is 0 Å². The molecule has 1 saturated heterocycles. The van der Waals surface area contributed by atoms with Crippen LogP contribution in [0.15, 0.2) is 18.2 Å². The summed E-state index contributed by atoms with van der Waals surface area (Å²) < 4.78 is 0. The van der Waals surface area contributed by atoms with Gasteiger partial charge in [-0.3, -0.25) is 4.90 Å². The Morgan fingerprint density at radius 1 is 1.53 bits per heavy atom. The number of anilines is 1. The summed E-state index contributed by atoms with van der Waals surface area (Å²) in [5.41, 5.74) is 8.78. The number of nitrogens with two attached hydrogens (primary N) is 1. The predicted molar refractivity (Wildman–Crippen MR) is 59.8 cm³/mol. The third kappa shape index (κ3) is 1.68. The maximum Gasteiger partial charge on any atom is 0.322 e. The van der Waals surface area contributed by atoms with Gasteiger partial charge in [-0.05, 0) is 24.1 Å². The first kappa shape index (κ1) is 9.98. The Hall–Kier alpha value is -1.55. The Balaban J connectivity index is 2.39. The second-order valence-electron chi connectivity index (χ2n) is 3.65. The van der Waals surface area contributed by atoms with Crippen molar-refractivity contribution in [1.82, 2.24) is 5.32 Å². The molecule has 0 bridgehead atoms. The third-order valence-electron chi connectivity index (χ3n) is 2.78. The quantitative estimate of drug-likeness (QED) is 0.756. The molecule has 0 spiro atoms. The zero-order valence-corrected chi connectivity index (χ0v) is 8.79. The number of amides is 2. The van der Waals surface area contributed by atoms with Crippen LogP contribution in [0.25, 0.3) is 0 Å². The number of urea groups is 1. The van der Waals surface area contributed by atoms with E-state index in [1.165, 1.54) is 0 Å². The fraction of sp³-hybridized carbons (Fsp3) is 0.364. The maximum absolute atomic E-state index is 11.5. The van der Waals surface area contributed by atoms with Crippen LogP contribution in [0.4, 0.5) is 10.5 Å². The molecule has 4 heteroatoms. The number of benzene rings is 1. The number of carbonyl (C=O) groups excluding carboxylic acids is 1. The molecule has 0 atom stereocenters. The summed E-state index contributed by atoms with van der Waals surface area (Å²) in [6, 6.07) is 5.87. The Labute approximate surface area is 89.1 Å². The molecule has 3 N–H and O–H groups in total. The van der Waals surface area contributed by atoms with Crippen LogP contribution in [0.2, 0.25) is 0 Å². The first-order valence-electron chi connectivity index (χ1n) is 5.08. The van der Waals surface area contributed by atoms with E-state index in [2.05, 4.69) is 5.32 Å². The molecule has 1 aliphatic heterocycles. The van der Waals surface area contributed by atoms with E-state index >= 15 is 0 Å². The molecule has 2 rings (SSSR count). The summed E-state index contributed by atoms with van der Waals surface area (Å²) in [5, 5.41) is 2.79. The molecule has 0 radical (unpaired) electrons. The highest BCUT2D eigenvalue weighted by Crippen LogP contribution is 2.24. The van der Waals surface area contributed by atoms with Crippen molar-refractivity contribution < 1.29 is 4.79 Å². The van der Waals surface area contributed by atoms with E-state index in [-0.39, 0.29) is 6.03 Å². The SMILES string of the molecule is Cc1c(CN)cccc1N1CCNC1=O. The van der Waals surface area contributed by atoms with Crippen molar-refractivity contribution in [3.8, 4) is 0 Å². The van der Waals surface area contributed by atoms with Crippen molar-refractivity contribution >= 4 is 11.7 Å². The molecule has 1 aromatic carbocycles. The largest absolute Gasteiger partial charge is 0.336 e. The zero-order chi connectivity index (χ0) is 10.8. The molecule has 0 saturated carbocycles. The van der Waals surface area contributed by atoms with Crippen molar-refractivity contribution in [1.29, 1.82) is 0 Å². The van der Waals surface area contributed by atoms with E-state index in [1.54, 1.807) is 4.90 Å². The highest BCUT2D eigenvalue weighted by molar-refractivity contribution is 5.94. The maximum atomic E-state index is 11.5. The van der Waals surface area contributed by atoms with Crippen molar-refractivity contribution in [2.45, 2.75) is 13.5 Å². The fourth-order valence-corrected chi connectivity index (χ4v) is 1.88. The zero-order valence-electron chi connectivity index (χ0n) is 8.79. The fourth-order valence-electron chi connectivity index (χ4n) is 1.88. The summed E-state index contributed by atoms with van der Waals surface area (Å²) in [6.07, 6.45) is 0. The number of hydrogen-bond donors (Lipinski definition) is 2. The molecule has 15 heavy (non-hydrogen) atoms. The molecule has 80 valence electrons. The molecule has 0 aromatic heterocycles. The molecule has 1 heterocycles. The Morgan fingerprint density at radius 2 is 2.33 bits per heavy atom. The Bertz CT molecular complexity index is 389. The van der Waals surface area contributed by atoms with Crippen LogP contribution < -0.4 is 16.0 Å². The van der Waals surface area contributed by atoms with Gasteiger partial charge in [-0.15, -0.1) is 0 Å². The lowest BCUT2D eigenvalue weighted by atomic mass is 10.1. The summed E-state index contributed by atoms with van der Waals surface area (Å²) in [4.78, 5) is 13.3. The van der Waals surface area contributed by atoms with Crippen molar-refractivity contribution in [3.05, 3.63) is 29.3 Å². The summed E-state index contributed by atoms with van der Waals surface area (Å²) >= 11 is 0. The van der Waals surface area contributed by atoms with E-state index < -0.39 is 0 Å². The molecule has 1 aliphatic rings. The normalized spacial score (nSPS) is 15.6. The molecule has 2 amide bonds. The van der Waals surface area contributed by atoms with E-state index in [4.69, 9.17) is 5.73 Å². The van der Waals surface area contributed by atoms with E-state index in [1.807, 2.05) is 25.1 Å². The van der Waals surface area contributed by atoms with Crippen LogP contribution >= 0.6 is 0 Å². The molecular formula is C11H15N3O. The second-order valence-corrected chi connectivity index (χ2v) is 3.65. The predicted octanol–water partition coefficient (Wildman–Crippen LogP) is 0.983. The van der Waals surface area contributed by atoms with Gasteiger partial charge in [0.25, 0.3) is 0 Å². The smallest absolute Gasteiger partial charge is 0.322 e. The van der Waals surface area contributed by atoms with Gasteiger partial charge >= 0.3 is 6.03 Å². The van der Waals surface area contributed by atoms with Crippen molar-refractivity contribution in [2.75, 3.05) is 18.0 Å². The van der Waals surface area contributed by atoms with Gasteiger partial charge < -0.3 is 11.1 Å². The van der Waals surface area contributed by atoms with Gasteiger partial charge in [0.1, 0.15) is 0 Å². The highest BCUT2D eigenvalue weighted by Gasteiger charge is 2.22. The second kappa shape index (κ2) is 3.90. The first-order chi connectivity index (χ1) is 7.24. The number of carbonyl (C=O) groups is 1. The van der Waals surface area contributed by atoms with Gasteiger partial charge in [0.15, 0.2) is 0 Å². The average molecular weight is 205 g/mol. The minimum Gasteiger partial charge on any atom is -0.336 e. The van der Waals surface area contributed by atoms with Crippen LogP contribution in [0.3, 0.4) is 0 Å². The summed E-state index contributed by atoms with van der Waals surface area (Å²) in [7, 11) is 0. The number of nitrogens with zero attached hydrogens (tertiary/aromatic N) is 1. The molecule has 1 fully saturated rings. The molecule has 0 unspecified atom stereocenters. The van der Waals surface area contributed by atoms with E-state index in [9.17, 15) is 4.79 Å². The summed E-state index contributed by atoms with van der Waals surface area (Å²) in [6.45, 7) is 3.96. The van der Waals surface area contributed by atoms with Gasteiger partial charge in [0, 0.05) is 25.3 Å². The van der Waals surface area contributed by atoms with E-state index in [0.717, 1.165) is 23.4 Å². The number of rotatable bonds is 2. The monoisotopic (exact) mass is 205 g/mol. The van der Waals surface area contributed by atoms with Gasteiger partial charge in [-0.25, -0.2) is 4.79 Å². The Kier molecular flexibility index (Phi) is 2.60. The van der Waals surface area contributed by atoms with E-state index in [0.29, 0.717) is 13.1 Å². The van der Waals surface area contributed by atoms with Gasteiger partial charge in [-0.1, -0.05) is 12.1 Å². The Morgan fingerprint density at radius 3 is 2.93 bits per heavy atom. The van der Waals surface area contributed by atoms with Crippen molar-refractivity contribution in [3.63, 3.8) is 0 Å². The van der Waals surface area contributed by atoms with Crippen molar-refractivity contribution in [2.24, 2.45) is 5.73 Å². The molecule has 0 aliphatic carbocycles. The number of nitrogens with one attached hydrogen (secondary N) is 1. The van der Waals surface area contributed by atoms with Crippen LogP contribution in [-0.2, 0) is 6.54 Å². The topological polar surface area (TPSA) is 58.4 Å². The van der Waals surface area contributed by atoms with Crippen LogP contribution in [0, 0.1) is 6.92 Å². The van der Waals surface area contributed by atoms with Crippen LogP contribution in [-0.4, -0.2) is 19.1 Å². The lowest BCUT2D eigenvalue weighted by Gasteiger charge is -2.18. The van der Waals surface area contributed by atoms with Crippen LogP contribution in [0.1, 0.15) is 11.1 Å². The van der Waals surface area contributed by atoms with Gasteiger partial charge in [-0.2, -0.15) is 0 Å². The standard InChI is InChI=1S/C11H15N3O/c1-8-9(7-12)3-2-4-10(8)14-6-5-13-11(14)15/h2-4H,5-7,12H2,1H3,(H,13,15). The average Bonchev–Trinajstić information content (AvgIpc) is 2.65. The molecular weight excluding hydrogens is 190 g/mol.